The van der Waals surface area contributed by atoms with Crippen LogP contribution in [0, 0.1) is 12.7 Å². The predicted molar refractivity (Wildman–Crippen MR) is 103 cm³/mol. The van der Waals surface area contributed by atoms with E-state index in [2.05, 4.69) is 5.32 Å². The van der Waals surface area contributed by atoms with Gasteiger partial charge in [-0.3, -0.25) is 19.3 Å². The number of anilines is 1. The van der Waals surface area contributed by atoms with Crippen LogP contribution in [0.2, 0.25) is 0 Å². The number of amides is 3. The van der Waals surface area contributed by atoms with Crippen molar-refractivity contribution in [1.82, 2.24) is 4.90 Å². The maximum absolute atomic E-state index is 13.3. The first-order chi connectivity index (χ1) is 12.9. The van der Waals surface area contributed by atoms with Crippen LogP contribution in [0.1, 0.15) is 32.7 Å². The van der Waals surface area contributed by atoms with Gasteiger partial charge in [-0.25, -0.2) is 4.39 Å². The summed E-state index contributed by atoms with van der Waals surface area (Å²) in [6.45, 7) is 1.68. The topological polar surface area (TPSA) is 66.5 Å². The van der Waals surface area contributed by atoms with E-state index in [0.717, 1.165) is 4.90 Å². The van der Waals surface area contributed by atoms with Gasteiger partial charge >= 0.3 is 0 Å². The molecule has 1 atom stereocenters. The highest BCUT2D eigenvalue weighted by molar-refractivity contribution is 7.98. The van der Waals surface area contributed by atoms with Gasteiger partial charge in [-0.15, -0.1) is 0 Å². The molecule has 0 aromatic heterocycles. The molecule has 0 unspecified atom stereocenters. The number of halogens is 1. The van der Waals surface area contributed by atoms with E-state index in [1.54, 1.807) is 31.2 Å². The van der Waals surface area contributed by atoms with E-state index in [9.17, 15) is 18.8 Å². The Labute approximate surface area is 160 Å². The molecule has 27 heavy (non-hydrogen) atoms. The van der Waals surface area contributed by atoms with Crippen LogP contribution >= 0.6 is 11.8 Å². The molecule has 0 bridgehead atoms. The number of thioether (sulfide) groups is 1. The summed E-state index contributed by atoms with van der Waals surface area (Å²) in [6.07, 6.45) is 2.22. The molecule has 0 spiro atoms. The van der Waals surface area contributed by atoms with Gasteiger partial charge < -0.3 is 5.32 Å². The highest BCUT2D eigenvalue weighted by Crippen LogP contribution is 2.27. The Hall–Kier alpha value is -2.67. The van der Waals surface area contributed by atoms with E-state index in [0.29, 0.717) is 34.6 Å². The third-order valence-electron chi connectivity index (χ3n) is 4.48. The van der Waals surface area contributed by atoms with Crippen LogP contribution in [-0.4, -0.2) is 40.7 Å². The minimum absolute atomic E-state index is 0.308. The van der Waals surface area contributed by atoms with E-state index in [1.807, 2.05) is 6.26 Å². The van der Waals surface area contributed by atoms with Crippen LogP contribution in [0.25, 0.3) is 0 Å². The summed E-state index contributed by atoms with van der Waals surface area (Å²) in [4.78, 5) is 39.5. The van der Waals surface area contributed by atoms with Crippen LogP contribution in [0.3, 0.4) is 0 Å². The molecule has 1 aliphatic heterocycles. The van der Waals surface area contributed by atoms with E-state index in [1.165, 1.54) is 30.0 Å². The number of benzene rings is 2. The summed E-state index contributed by atoms with van der Waals surface area (Å²) in [7, 11) is 0. The van der Waals surface area contributed by atoms with E-state index >= 15 is 0 Å². The average Bonchev–Trinajstić information content (AvgIpc) is 2.90. The molecule has 0 saturated heterocycles. The van der Waals surface area contributed by atoms with Crippen LogP contribution in [0.4, 0.5) is 10.1 Å². The highest BCUT2D eigenvalue weighted by Gasteiger charge is 2.42. The van der Waals surface area contributed by atoms with Gasteiger partial charge in [-0.2, -0.15) is 11.8 Å². The van der Waals surface area contributed by atoms with Crippen molar-refractivity contribution >= 4 is 35.2 Å². The Bertz CT molecular complexity index is 881. The number of aryl methyl sites for hydroxylation is 1. The van der Waals surface area contributed by atoms with Crippen molar-refractivity contribution in [3.05, 3.63) is 65.0 Å². The monoisotopic (exact) mass is 386 g/mol. The maximum atomic E-state index is 13.3. The number of rotatable bonds is 6. The lowest BCUT2D eigenvalue weighted by atomic mass is 10.1. The van der Waals surface area contributed by atoms with Crippen molar-refractivity contribution < 1.29 is 18.8 Å². The number of nitrogens with zero attached hydrogens (tertiary/aromatic N) is 1. The van der Waals surface area contributed by atoms with Gasteiger partial charge in [-0.05, 0) is 61.2 Å². The van der Waals surface area contributed by atoms with Crippen molar-refractivity contribution in [2.45, 2.75) is 19.4 Å². The summed E-state index contributed by atoms with van der Waals surface area (Å²) < 4.78 is 13.3. The van der Waals surface area contributed by atoms with Crippen molar-refractivity contribution in [2.24, 2.45) is 0 Å². The molecule has 7 heteroatoms. The summed E-state index contributed by atoms with van der Waals surface area (Å²) in [5, 5.41) is 2.73. The van der Waals surface area contributed by atoms with Crippen molar-refractivity contribution in [3.8, 4) is 0 Å². The molecule has 0 radical (unpaired) electrons. The van der Waals surface area contributed by atoms with E-state index in [4.69, 9.17) is 0 Å². The fraction of sp³-hybridized carbons (Fsp3) is 0.250. The minimum atomic E-state index is -0.936. The number of carbonyl (C=O) groups excluding carboxylic acids is 3. The Morgan fingerprint density at radius 1 is 1.15 bits per heavy atom. The van der Waals surface area contributed by atoms with Gasteiger partial charge in [0.05, 0.1) is 11.1 Å². The Balaban J connectivity index is 1.89. The second-order valence-electron chi connectivity index (χ2n) is 6.27. The quantitative estimate of drug-likeness (QED) is 0.772. The number of hydrogen-bond donors (Lipinski definition) is 1. The number of fused-ring (bicyclic) bond motifs is 1. The molecule has 140 valence electrons. The first-order valence-electron chi connectivity index (χ1n) is 8.47. The lowest BCUT2D eigenvalue weighted by molar-refractivity contribution is -0.120. The van der Waals surface area contributed by atoms with Gasteiger partial charge in [0.25, 0.3) is 11.8 Å². The van der Waals surface area contributed by atoms with Gasteiger partial charge in [-0.1, -0.05) is 12.1 Å². The Morgan fingerprint density at radius 3 is 2.33 bits per heavy atom. The van der Waals surface area contributed by atoms with Crippen LogP contribution in [0.5, 0.6) is 0 Å². The zero-order valence-electron chi connectivity index (χ0n) is 15.0. The summed E-state index contributed by atoms with van der Waals surface area (Å²) >= 11 is 1.53. The van der Waals surface area contributed by atoms with Crippen molar-refractivity contribution in [3.63, 3.8) is 0 Å². The second kappa shape index (κ2) is 7.92. The van der Waals surface area contributed by atoms with Gasteiger partial charge in [0, 0.05) is 5.69 Å². The zero-order chi connectivity index (χ0) is 19.6. The third kappa shape index (κ3) is 3.73. The van der Waals surface area contributed by atoms with Crippen LogP contribution in [0.15, 0.2) is 42.5 Å². The minimum Gasteiger partial charge on any atom is -0.324 e. The fourth-order valence-electron chi connectivity index (χ4n) is 3.08. The predicted octanol–water partition coefficient (Wildman–Crippen LogP) is 3.49. The molecule has 0 saturated carbocycles. The third-order valence-corrected chi connectivity index (χ3v) is 5.13. The van der Waals surface area contributed by atoms with Gasteiger partial charge in [0.2, 0.25) is 5.91 Å². The van der Waals surface area contributed by atoms with Gasteiger partial charge in [0.1, 0.15) is 11.9 Å². The Morgan fingerprint density at radius 2 is 1.78 bits per heavy atom. The largest absolute Gasteiger partial charge is 0.324 e. The normalized spacial score (nSPS) is 14.3. The first kappa shape index (κ1) is 19.1. The van der Waals surface area contributed by atoms with Gasteiger partial charge in [0.15, 0.2) is 0 Å². The molecule has 2 aromatic carbocycles. The summed E-state index contributed by atoms with van der Waals surface area (Å²) in [5.74, 6) is -1.19. The fourth-order valence-corrected chi connectivity index (χ4v) is 3.54. The summed E-state index contributed by atoms with van der Waals surface area (Å²) in [5.41, 5.74) is 1.63. The number of carbonyl (C=O) groups is 3. The molecule has 0 aliphatic carbocycles. The molecule has 1 N–H and O–H groups in total. The smallest absolute Gasteiger partial charge is 0.262 e. The second-order valence-corrected chi connectivity index (χ2v) is 7.26. The molecule has 0 fully saturated rings. The molecular formula is C20H19FN2O3S. The number of hydrogen-bond acceptors (Lipinski definition) is 4. The standard InChI is InChI=1S/C20H19FN2O3S/c1-12-11-13(21)7-8-16(12)22-18(24)17(9-10-27-2)23-19(25)14-5-3-4-6-15(14)20(23)26/h3-8,11,17H,9-10H2,1-2H3,(H,22,24)/t17-/m1/s1. The maximum Gasteiger partial charge on any atom is 0.262 e. The molecule has 1 aliphatic rings. The molecule has 2 aromatic rings. The lowest BCUT2D eigenvalue weighted by Crippen LogP contribution is -2.47. The molecule has 1 heterocycles. The number of imide groups is 1. The molecular weight excluding hydrogens is 367 g/mol. The lowest BCUT2D eigenvalue weighted by Gasteiger charge is -2.25. The zero-order valence-corrected chi connectivity index (χ0v) is 15.8. The van der Waals surface area contributed by atoms with Crippen LogP contribution < -0.4 is 5.32 Å². The average molecular weight is 386 g/mol. The molecule has 3 amide bonds. The van der Waals surface area contributed by atoms with Crippen molar-refractivity contribution in [2.75, 3.05) is 17.3 Å². The molecule has 5 nitrogen and oxygen atoms in total. The van der Waals surface area contributed by atoms with E-state index < -0.39 is 29.6 Å². The van der Waals surface area contributed by atoms with E-state index in [-0.39, 0.29) is 0 Å². The Kier molecular flexibility index (Phi) is 5.60. The summed E-state index contributed by atoms with van der Waals surface area (Å²) in [6, 6.07) is 9.65. The highest BCUT2D eigenvalue weighted by atomic mass is 32.2. The molecule has 3 rings (SSSR count). The van der Waals surface area contributed by atoms with Crippen LogP contribution in [-0.2, 0) is 4.79 Å². The number of nitrogens with one attached hydrogen (secondary N) is 1. The first-order valence-corrected chi connectivity index (χ1v) is 9.86. The van der Waals surface area contributed by atoms with Crippen molar-refractivity contribution in [1.29, 1.82) is 0 Å². The SMILES string of the molecule is CSCC[C@H](C(=O)Nc1ccc(F)cc1C)N1C(=O)c2ccccc2C1=O.